The van der Waals surface area contributed by atoms with Crippen LogP contribution >= 0.6 is 0 Å². The molecule has 1 aliphatic rings. The molecule has 1 saturated heterocycles. The number of benzene rings is 1. The molecule has 2 N–H and O–H groups in total. The zero-order valence-corrected chi connectivity index (χ0v) is 13.7. The van der Waals surface area contributed by atoms with Gasteiger partial charge in [0.05, 0.1) is 0 Å². The summed E-state index contributed by atoms with van der Waals surface area (Å²) in [6.45, 7) is 6.94. The van der Waals surface area contributed by atoms with Gasteiger partial charge in [-0.25, -0.2) is 0 Å². The molecule has 2 rings (SSSR count). The molecule has 122 valence electrons. The van der Waals surface area contributed by atoms with E-state index >= 15 is 0 Å². The van der Waals surface area contributed by atoms with Crippen molar-refractivity contribution in [3.63, 3.8) is 0 Å². The highest BCUT2D eigenvalue weighted by Crippen LogP contribution is 2.20. The summed E-state index contributed by atoms with van der Waals surface area (Å²) in [5.41, 5.74) is 1.73. The highest BCUT2D eigenvalue weighted by molar-refractivity contribution is 5.95. The first-order valence-electron chi connectivity index (χ1n) is 8.38. The highest BCUT2D eigenvalue weighted by Gasteiger charge is 2.24. The van der Waals surface area contributed by atoms with Crippen molar-refractivity contribution in [1.82, 2.24) is 4.90 Å². The Hall–Kier alpha value is -1.55. The van der Waals surface area contributed by atoms with E-state index in [9.17, 15) is 9.90 Å². The second-order valence-electron chi connectivity index (χ2n) is 6.42. The SMILES string of the molecule is CCC(C)CNc1cccc(C(=O)N2CCCC(CO)C2)c1. The molecular formula is C18H28N2O2. The van der Waals surface area contributed by atoms with E-state index in [4.69, 9.17) is 0 Å². The van der Waals surface area contributed by atoms with Crippen molar-refractivity contribution in [2.45, 2.75) is 33.1 Å². The lowest BCUT2D eigenvalue weighted by atomic mass is 9.98. The predicted molar refractivity (Wildman–Crippen MR) is 90.1 cm³/mol. The molecule has 0 saturated carbocycles. The Balaban J connectivity index is 2.00. The molecule has 1 fully saturated rings. The van der Waals surface area contributed by atoms with Crippen LogP contribution in [0.1, 0.15) is 43.5 Å². The van der Waals surface area contributed by atoms with Gasteiger partial charge in [-0.1, -0.05) is 26.3 Å². The first kappa shape index (κ1) is 16.8. The summed E-state index contributed by atoms with van der Waals surface area (Å²) in [4.78, 5) is 14.5. The van der Waals surface area contributed by atoms with Crippen LogP contribution in [0.25, 0.3) is 0 Å². The van der Waals surface area contributed by atoms with Crippen molar-refractivity contribution >= 4 is 11.6 Å². The zero-order valence-electron chi connectivity index (χ0n) is 13.7. The molecule has 22 heavy (non-hydrogen) atoms. The average molecular weight is 304 g/mol. The van der Waals surface area contributed by atoms with Crippen LogP contribution in [0.2, 0.25) is 0 Å². The monoisotopic (exact) mass is 304 g/mol. The second kappa shape index (κ2) is 8.18. The number of rotatable bonds is 6. The number of nitrogens with zero attached hydrogens (tertiary/aromatic N) is 1. The average Bonchev–Trinajstić information content (AvgIpc) is 2.59. The van der Waals surface area contributed by atoms with Gasteiger partial charge in [0, 0.05) is 37.5 Å². The van der Waals surface area contributed by atoms with Crippen LogP contribution in [0.3, 0.4) is 0 Å². The highest BCUT2D eigenvalue weighted by atomic mass is 16.3. The lowest BCUT2D eigenvalue weighted by Crippen LogP contribution is -2.40. The molecular weight excluding hydrogens is 276 g/mol. The van der Waals surface area contributed by atoms with E-state index in [1.165, 1.54) is 0 Å². The maximum absolute atomic E-state index is 12.6. The van der Waals surface area contributed by atoms with Gasteiger partial charge in [-0.3, -0.25) is 4.79 Å². The standard InChI is InChI=1S/C18H28N2O2/c1-3-14(2)11-19-17-8-4-7-16(10-17)18(22)20-9-5-6-15(12-20)13-21/h4,7-8,10,14-15,19,21H,3,5-6,9,11-13H2,1-2H3. The lowest BCUT2D eigenvalue weighted by Gasteiger charge is -2.32. The van der Waals surface area contributed by atoms with Crippen LogP contribution in [-0.4, -0.2) is 42.2 Å². The van der Waals surface area contributed by atoms with Gasteiger partial charge in [0.1, 0.15) is 0 Å². The van der Waals surface area contributed by atoms with Gasteiger partial charge in [-0.05, 0) is 42.9 Å². The molecule has 4 nitrogen and oxygen atoms in total. The first-order chi connectivity index (χ1) is 10.6. The Morgan fingerprint density at radius 3 is 3.05 bits per heavy atom. The number of nitrogens with one attached hydrogen (secondary N) is 1. The molecule has 0 bridgehead atoms. The Bertz CT molecular complexity index is 490. The summed E-state index contributed by atoms with van der Waals surface area (Å²) in [7, 11) is 0. The van der Waals surface area contributed by atoms with Gasteiger partial charge >= 0.3 is 0 Å². The maximum Gasteiger partial charge on any atom is 0.253 e. The zero-order chi connectivity index (χ0) is 15.9. The number of carbonyl (C=O) groups is 1. The van der Waals surface area contributed by atoms with E-state index in [1.807, 2.05) is 29.2 Å². The number of carbonyl (C=O) groups excluding carboxylic acids is 1. The van der Waals surface area contributed by atoms with E-state index in [1.54, 1.807) is 0 Å². The van der Waals surface area contributed by atoms with E-state index in [-0.39, 0.29) is 18.4 Å². The van der Waals surface area contributed by atoms with Crippen molar-refractivity contribution in [1.29, 1.82) is 0 Å². The van der Waals surface area contributed by atoms with Gasteiger partial charge < -0.3 is 15.3 Å². The molecule has 1 aromatic rings. The molecule has 0 spiro atoms. The topological polar surface area (TPSA) is 52.6 Å². The Kier molecular flexibility index (Phi) is 6.25. The van der Waals surface area contributed by atoms with E-state index in [0.717, 1.165) is 43.6 Å². The normalized spacial score (nSPS) is 19.8. The van der Waals surface area contributed by atoms with Crippen molar-refractivity contribution < 1.29 is 9.90 Å². The summed E-state index contributed by atoms with van der Waals surface area (Å²) in [5.74, 6) is 0.918. The number of aliphatic hydroxyl groups is 1. The van der Waals surface area contributed by atoms with Crippen LogP contribution in [-0.2, 0) is 0 Å². The molecule has 4 heteroatoms. The molecule has 1 heterocycles. The number of hydrogen-bond acceptors (Lipinski definition) is 3. The van der Waals surface area contributed by atoms with E-state index < -0.39 is 0 Å². The lowest BCUT2D eigenvalue weighted by molar-refractivity contribution is 0.0621. The quantitative estimate of drug-likeness (QED) is 0.849. The summed E-state index contributed by atoms with van der Waals surface area (Å²) >= 11 is 0. The number of piperidine rings is 1. The van der Waals surface area contributed by atoms with Gasteiger partial charge in [-0.15, -0.1) is 0 Å². The summed E-state index contributed by atoms with van der Waals surface area (Å²) < 4.78 is 0. The van der Waals surface area contributed by atoms with Gasteiger partial charge in [0.2, 0.25) is 0 Å². The fraction of sp³-hybridized carbons (Fsp3) is 0.611. The fourth-order valence-corrected chi connectivity index (χ4v) is 2.78. The molecule has 0 aromatic heterocycles. The predicted octanol–water partition coefficient (Wildman–Crippen LogP) is 2.99. The minimum Gasteiger partial charge on any atom is -0.396 e. The fourth-order valence-electron chi connectivity index (χ4n) is 2.78. The second-order valence-corrected chi connectivity index (χ2v) is 6.42. The van der Waals surface area contributed by atoms with Crippen molar-refractivity contribution in [3.8, 4) is 0 Å². The van der Waals surface area contributed by atoms with Gasteiger partial charge in [0.15, 0.2) is 0 Å². The first-order valence-corrected chi connectivity index (χ1v) is 8.38. The Morgan fingerprint density at radius 2 is 2.32 bits per heavy atom. The van der Waals surface area contributed by atoms with Crippen LogP contribution < -0.4 is 5.32 Å². The third kappa shape index (κ3) is 4.47. The van der Waals surface area contributed by atoms with E-state index in [2.05, 4.69) is 19.2 Å². The number of aliphatic hydroxyl groups excluding tert-OH is 1. The third-order valence-corrected chi connectivity index (χ3v) is 4.53. The molecule has 1 amide bonds. The third-order valence-electron chi connectivity index (χ3n) is 4.53. The minimum absolute atomic E-state index is 0.0744. The number of amides is 1. The van der Waals surface area contributed by atoms with Crippen LogP contribution in [0, 0.1) is 11.8 Å². The van der Waals surface area contributed by atoms with Gasteiger partial charge in [0.25, 0.3) is 5.91 Å². The Labute approximate surface area is 133 Å². The smallest absolute Gasteiger partial charge is 0.253 e. The summed E-state index contributed by atoms with van der Waals surface area (Å²) in [6.07, 6.45) is 3.13. The Morgan fingerprint density at radius 1 is 1.50 bits per heavy atom. The summed E-state index contributed by atoms with van der Waals surface area (Å²) in [6, 6.07) is 7.75. The molecule has 2 atom stereocenters. The number of hydrogen-bond donors (Lipinski definition) is 2. The molecule has 1 aliphatic heterocycles. The van der Waals surface area contributed by atoms with Crippen molar-refractivity contribution in [2.75, 3.05) is 31.6 Å². The molecule has 2 unspecified atom stereocenters. The van der Waals surface area contributed by atoms with Gasteiger partial charge in [-0.2, -0.15) is 0 Å². The maximum atomic E-state index is 12.6. The largest absolute Gasteiger partial charge is 0.396 e. The number of likely N-dealkylation sites (tertiary alicyclic amines) is 1. The number of anilines is 1. The summed E-state index contributed by atoms with van der Waals surface area (Å²) in [5, 5.41) is 12.7. The molecule has 0 aliphatic carbocycles. The van der Waals surface area contributed by atoms with Crippen LogP contribution in [0.15, 0.2) is 24.3 Å². The molecule has 1 aromatic carbocycles. The van der Waals surface area contributed by atoms with Crippen LogP contribution in [0.4, 0.5) is 5.69 Å². The molecule has 0 radical (unpaired) electrons. The van der Waals surface area contributed by atoms with E-state index in [0.29, 0.717) is 12.5 Å². The van der Waals surface area contributed by atoms with Crippen molar-refractivity contribution in [3.05, 3.63) is 29.8 Å². The minimum atomic E-state index is 0.0744. The van der Waals surface area contributed by atoms with Crippen molar-refractivity contribution in [2.24, 2.45) is 11.8 Å². The van der Waals surface area contributed by atoms with Crippen LogP contribution in [0.5, 0.6) is 0 Å².